The number of hydrogen-bond donors (Lipinski definition) is 3. The predicted molar refractivity (Wildman–Crippen MR) is 124 cm³/mol. The van der Waals surface area contributed by atoms with Crippen molar-refractivity contribution in [2.75, 3.05) is 23.8 Å². The van der Waals surface area contributed by atoms with Crippen LogP contribution in [0.2, 0.25) is 0 Å². The lowest BCUT2D eigenvalue weighted by Crippen LogP contribution is -2.56. The average molecular weight is 457 g/mol. The fraction of sp³-hybridized carbons (Fsp3) is 0.375. The van der Waals surface area contributed by atoms with Crippen molar-refractivity contribution in [2.24, 2.45) is 0 Å². The Bertz CT molecular complexity index is 1040. The number of nitrogens with zero attached hydrogens (tertiary/aromatic N) is 1. The number of carbonyl (C=O) groups excluding carboxylic acids is 3. The summed E-state index contributed by atoms with van der Waals surface area (Å²) < 4.78 is 19.5. The first-order valence-electron chi connectivity index (χ1n) is 10.7. The molecule has 2 aromatic rings. The maximum absolute atomic E-state index is 14.3. The van der Waals surface area contributed by atoms with Crippen LogP contribution in [0.1, 0.15) is 26.3 Å². The normalized spacial score (nSPS) is 16.7. The van der Waals surface area contributed by atoms with Gasteiger partial charge in [-0.2, -0.15) is 0 Å². The number of fused-ring (bicyclic) bond motifs is 1. The van der Waals surface area contributed by atoms with Gasteiger partial charge in [0, 0.05) is 20.0 Å². The van der Waals surface area contributed by atoms with Crippen molar-refractivity contribution in [2.45, 2.75) is 44.9 Å². The summed E-state index contributed by atoms with van der Waals surface area (Å²) in [6, 6.07) is 11.3. The summed E-state index contributed by atoms with van der Waals surface area (Å²) in [6.07, 6.45) is -0.920. The number of carbonyl (C=O) groups is 3. The number of likely N-dealkylation sites (N-methyl/N-ethyl adjacent to an activating group) is 1. The number of rotatable bonds is 5. The zero-order chi connectivity index (χ0) is 24.2. The summed E-state index contributed by atoms with van der Waals surface area (Å²) in [5.74, 6) is -1.44. The van der Waals surface area contributed by atoms with Crippen LogP contribution < -0.4 is 20.9 Å². The van der Waals surface area contributed by atoms with Gasteiger partial charge >= 0.3 is 6.09 Å². The number of alkyl carbamates (subject to hydrolysis) is 1. The quantitative estimate of drug-likeness (QED) is 0.643. The van der Waals surface area contributed by atoms with Gasteiger partial charge in [-0.3, -0.25) is 9.59 Å². The van der Waals surface area contributed by atoms with Gasteiger partial charge in [-0.15, -0.1) is 0 Å². The van der Waals surface area contributed by atoms with E-state index >= 15 is 0 Å². The molecule has 8 nitrogen and oxygen atoms in total. The molecule has 1 heterocycles. The van der Waals surface area contributed by atoms with E-state index in [0.29, 0.717) is 5.69 Å². The average Bonchev–Trinajstić information content (AvgIpc) is 2.86. The number of ether oxygens (including phenoxy) is 1. The van der Waals surface area contributed by atoms with Crippen molar-refractivity contribution in [3.8, 4) is 0 Å². The molecule has 33 heavy (non-hydrogen) atoms. The third-order valence-electron chi connectivity index (χ3n) is 5.10. The Morgan fingerprint density at radius 3 is 2.55 bits per heavy atom. The van der Waals surface area contributed by atoms with Gasteiger partial charge in [-0.05, 0) is 44.5 Å². The van der Waals surface area contributed by atoms with Crippen molar-refractivity contribution in [3.63, 3.8) is 0 Å². The first-order chi connectivity index (χ1) is 15.5. The van der Waals surface area contributed by atoms with Gasteiger partial charge < -0.3 is 25.6 Å². The molecule has 0 saturated heterocycles. The first-order valence-corrected chi connectivity index (χ1v) is 10.7. The van der Waals surface area contributed by atoms with Crippen molar-refractivity contribution < 1.29 is 23.5 Å². The Labute approximate surface area is 192 Å². The summed E-state index contributed by atoms with van der Waals surface area (Å²) in [5, 5.41) is 8.37. The second-order valence-electron chi connectivity index (χ2n) is 8.85. The standard InChI is InChI=1S/C24H29FN4O4/c1-24(2,3)33-23(32)28-18(13-15-9-5-6-10-16(15)25)21(30)27-19-14-26-17-11-7-8-12-20(17)29(4)22(19)31/h5-12,18-19,26H,13-14H2,1-4H3,(H,27,30)(H,28,32). The van der Waals surface area contributed by atoms with Crippen molar-refractivity contribution >= 4 is 29.3 Å². The summed E-state index contributed by atoms with van der Waals surface area (Å²) in [5.41, 5.74) is 0.927. The van der Waals surface area contributed by atoms with Gasteiger partial charge in [0.15, 0.2) is 0 Å². The SMILES string of the molecule is CN1C(=O)C(NC(=O)C(Cc2ccccc2F)NC(=O)OC(C)(C)C)CNc2ccccc21. The number of para-hydroxylation sites is 2. The minimum Gasteiger partial charge on any atom is -0.444 e. The summed E-state index contributed by atoms with van der Waals surface area (Å²) in [7, 11) is 1.63. The van der Waals surface area contributed by atoms with E-state index in [1.807, 2.05) is 18.2 Å². The van der Waals surface area contributed by atoms with E-state index in [1.165, 1.54) is 17.0 Å². The first kappa shape index (κ1) is 24.0. The molecule has 1 aliphatic heterocycles. The lowest BCUT2D eigenvalue weighted by molar-refractivity contribution is -0.128. The molecule has 0 fully saturated rings. The Morgan fingerprint density at radius 1 is 1.18 bits per heavy atom. The molecule has 2 atom stereocenters. The molecule has 3 amide bonds. The largest absolute Gasteiger partial charge is 0.444 e. The van der Waals surface area contributed by atoms with E-state index in [-0.39, 0.29) is 24.4 Å². The van der Waals surface area contributed by atoms with E-state index in [1.54, 1.807) is 46.0 Å². The lowest BCUT2D eigenvalue weighted by atomic mass is 10.0. The summed E-state index contributed by atoms with van der Waals surface area (Å²) in [6.45, 7) is 5.25. The number of halogens is 1. The molecule has 3 rings (SSSR count). The van der Waals surface area contributed by atoms with Crippen molar-refractivity contribution in [1.82, 2.24) is 10.6 Å². The number of hydrogen-bond acceptors (Lipinski definition) is 5. The molecule has 2 aromatic carbocycles. The number of anilines is 2. The molecule has 176 valence electrons. The third kappa shape index (κ3) is 6.21. The maximum atomic E-state index is 14.3. The Hall–Kier alpha value is -3.62. The molecule has 0 saturated carbocycles. The maximum Gasteiger partial charge on any atom is 0.408 e. The zero-order valence-corrected chi connectivity index (χ0v) is 19.1. The Balaban J connectivity index is 1.78. The molecular weight excluding hydrogens is 427 g/mol. The molecule has 1 aliphatic rings. The molecule has 0 radical (unpaired) electrons. The van der Waals surface area contributed by atoms with Gasteiger partial charge in [0.2, 0.25) is 5.91 Å². The molecule has 3 N–H and O–H groups in total. The van der Waals surface area contributed by atoms with Gasteiger partial charge in [-0.1, -0.05) is 30.3 Å². The monoisotopic (exact) mass is 456 g/mol. The van der Waals surface area contributed by atoms with E-state index in [0.717, 1.165) is 5.69 Å². The number of benzene rings is 2. The fourth-order valence-electron chi connectivity index (χ4n) is 3.50. The van der Waals surface area contributed by atoms with Crippen molar-refractivity contribution in [3.05, 3.63) is 59.9 Å². The second-order valence-corrected chi connectivity index (χ2v) is 8.85. The summed E-state index contributed by atoms with van der Waals surface area (Å²) in [4.78, 5) is 40.0. The molecule has 0 aliphatic carbocycles. The van der Waals surface area contributed by atoms with Crippen LogP contribution in [0, 0.1) is 5.82 Å². The lowest BCUT2D eigenvalue weighted by Gasteiger charge is -2.26. The topological polar surface area (TPSA) is 99.8 Å². The van der Waals surface area contributed by atoms with E-state index in [2.05, 4.69) is 16.0 Å². The molecular formula is C24H29FN4O4. The van der Waals surface area contributed by atoms with Gasteiger partial charge in [-0.25, -0.2) is 9.18 Å². The Kier molecular flexibility index (Phi) is 7.20. The molecule has 0 spiro atoms. The molecule has 2 unspecified atom stereocenters. The van der Waals surface area contributed by atoms with Gasteiger partial charge in [0.25, 0.3) is 5.91 Å². The predicted octanol–water partition coefficient (Wildman–Crippen LogP) is 2.83. The highest BCUT2D eigenvalue weighted by Crippen LogP contribution is 2.27. The second kappa shape index (κ2) is 9.89. The van der Waals surface area contributed by atoms with Gasteiger partial charge in [0.1, 0.15) is 23.5 Å². The zero-order valence-electron chi connectivity index (χ0n) is 19.1. The van der Waals surface area contributed by atoms with Crippen LogP contribution in [0.3, 0.4) is 0 Å². The number of amides is 3. The van der Waals surface area contributed by atoms with Crippen LogP contribution in [0.15, 0.2) is 48.5 Å². The molecule has 0 bridgehead atoms. The highest BCUT2D eigenvalue weighted by molar-refractivity contribution is 6.03. The van der Waals surface area contributed by atoms with E-state index in [4.69, 9.17) is 4.74 Å². The van der Waals surface area contributed by atoms with Crippen molar-refractivity contribution in [1.29, 1.82) is 0 Å². The highest BCUT2D eigenvalue weighted by Gasteiger charge is 2.32. The minimum absolute atomic E-state index is 0.109. The van der Waals surface area contributed by atoms with Crippen LogP contribution in [-0.2, 0) is 20.7 Å². The fourth-order valence-corrected chi connectivity index (χ4v) is 3.50. The minimum atomic E-state index is -1.15. The van der Waals surface area contributed by atoms with Gasteiger partial charge in [0.05, 0.1) is 11.4 Å². The molecule has 9 heteroatoms. The Morgan fingerprint density at radius 2 is 1.85 bits per heavy atom. The van der Waals surface area contributed by atoms with Crippen LogP contribution in [-0.4, -0.2) is 49.2 Å². The van der Waals surface area contributed by atoms with Crippen LogP contribution in [0.25, 0.3) is 0 Å². The van der Waals surface area contributed by atoms with Crippen LogP contribution in [0.4, 0.5) is 20.6 Å². The van der Waals surface area contributed by atoms with E-state index in [9.17, 15) is 18.8 Å². The summed E-state index contributed by atoms with van der Waals surface area (Å²) >= 11 is 0. The van der Waals surface area contributed by atoms with E-state index < -0.39 is 35.5 Å². The number of nitrogens with one attached hydrogen (secondary N) is 3. The molecule has 0 aromatic heterocycles. The van der Waals surface area contributed by atoms with Crippen LogP contribution in [0.5, 0.6) is 0 Å². The smallest absolute Gasteiger partial charge is 0.408 e. The highest BCUT2D eigenvalue weighted by atomic mass is 19.1. The van der Waals surface area contributed by atoms with Crippen LogP contribution >= 0.6 is 0 Å². The third-order valence-corrected chi connectivity index (χ3v) is 5.10.